The molecule has 0 saturated carbocycles. The summed E-state index contributed by atoms with van der Waals surface area (Å²) >= 11 is 0. The first kappa shape index (κ1) is 13.8. The topological polar surface area (TPSA) is 51.7 Å². The molecule has 0 aliphatic carbocycles. The normalized spacial score (nSPS) is 16.4. The van der Waals surface area contributed by atoms with Gasteiger partial charge in [-0.3, -0.25) is 0 Å². The lowest BCUT2D eigenvalue weighted by Crippen LogP contribution is -2.37. The van der Waals surface area contributed by atoms with Gasteiger partial charge in [-0.15, -0.1) is 0 Å². The lowest BCUT2D eigenvalue weighted by Gasteiger charge is -2.32. The quantitative estimate of drug-likeness (QED) is 0.777. The molecule has 1 aromatic rings. The zero-order valence-electron chi connectivity index (χ0n) is 11.5. The van der Waals surface area contributed by atoms with E-state index >= 15 is 0 Å². The molecule has 0 aromatic carbocycles. The van der Waals surface area contributed by atoms with Crippen LogP contribution in [0.2, 0.25) is 0 Å². The Hall–Kier alpha value is -1.62. The Labute approximate surface area is 113 Å². The average Bonchev–Trinajstić information content (AvgIpc) is 2.48. The predicted molar refractivity (Wildman–Crippen MR) is 72.4 cm³/mol. The summed E-state index contributed by atoms with van der Waals surface area (Å²) in [7, 11) is 1.38. The van der Waals surface area contributed by atoms with E-state index in [9.17, 15) is 4.79 Å². The summed E-state index contributed by atoms with van der Waals surface area (Å²) in [5.74, 6) is 0.505. The van der Waals surface area contributed by atoms with E-state index in [2.05, 4.69) is 9.88 Å². The molecule has 0 atom stereocenters. The Kier molecular flexibility index (Phi) is 4.74. The Balaban J connectivity index is 2.01. The third-order valence-corrected chi connectivity index (χ3v) is 3.33. The van der Waals surface area contributed by atoms with Crippen LogP contribution in [0, 0.1) is 0 Å². The molecule has 1 fully saturated rings. The molecular formula is C14H20N2O3. The maximum absolute atomic E-state index is 11.5. The van der Waals surface area contributed by atoms with Crippen molar-refractivity contribution in [3.05, 3.63) is 23.9 Å². The number of pyridine rings is 1. The number of hydrogen-bond donors (Lipinski definition) is 0. The lowest BCUT2D eigenvalue weighted by molar-refractivity contribution is 0.0458. The van der Waals surface area contributed by atoms with Crippen LogP contribution in [-0.4, -0.2) is 43.9 Å². The minimum atomic E-state index is -0.326. The smallest absolute Gasteiger partial charge is 0.338 e. The van der Waals surface area contributed by atoms with Gasteiger partial charge in [0.15, 0.2) is 0 Å². The van der Waals surface area contributed by atoms with Crippen LogP contribution in [0.25, 0.3) is 0 Å². The molecule has 0 amide bonds. The summed E-state index contributed by atoms with van der Waals surface area (Å²) in [6, 6.07) is 3.45. The van der Waals surface area contributed by atoms with E-state index in [1.165, 1.54) is 7.11 Å². The van der Waals surface area contributed by atoms with Gasteiger partial charge >= 0.3 is 5.97 Å². The first-order valence-corrected chi connectivity index (χ1v) is 6.65. The van der Waals surface area contributed by atoms with E-state index in [0.29, 0.717) is 11.7 Å². The monoisotopic (exact) mass is 264 g/mol. The SMILES string of the molecule is CCOC1CCN(c2cc(C(=O)OC)ccn2)CC1. The summed E-state index contributed by atoms with van der Waals surface area (Å²) in [5.41, 5.74) is 0.541. The van der Waals surface area contributed by atoms with Crippen molar-refractivity contribution in [2.45, 2.75) is 25.9 Å². The molecule has 19 heavy (non-hydrogen) atoms. The Morgan fingerprint density at radius 2 is 2.21 bits per heavy atom. The van der Waals surface area contributed by atoms with Crippen LogP contribution in [0.3, 0.4) is 0 Å². The van der Waals surface area contributed by atoms with Gasteiger partial charge < -0.3 is 14.4 Å². The number of carbonyl (C=O) groups is 1. The van der Waals surface area contributed by atoms with Crippen molar-refractivity contribution in [1.82, 2.24) is 4.98 Å². The van der Waals surface area contributed by atoms with Crippen molar-refractivity contribution < 1.29 is 14.3 Å². The first-order valence-electron chi connectivity index (χ1n) is 6.65. The molecule has 0 bridgehead atoms. The second-order valence-electron chi connectivity index (χ2n) is 4.54. The zero-order chi connectivity index (χ0) is 13.7. The van der Waals surface area contributed by atoms with Crippen molar-refractivity contribution in [2.75, 3.05) is 31.7 Å². The highest BCUT2D eigenvalue weighted by Crippen LogP contribution is 2.20. The maximum atomic E-state index is 11.5. The van der Waals surface area contributed by atoms with Gasteiger partial charge in [-0.1, -0.05) is 0 Å². The highest BCUT2D eigenvalue weighted by molar-refractivity contribution is 5.90. The molecule has 1 aliphatic heterocycles. The maximum Gasteiger partial charge on any atom is 0.338 e. The van der Waals surface area contributed by atoms with Crippen LogP contribution in [0.4, 0.5) is 5.82 Å². The van der Waals surface area contributed by atoms with Crippen LogP contribution in [0.15, 0.2) is 18.3 Å². The van der Waals surface area contributed by atoms with E-state index in [0.717, 1.165) is 38.4 Å². The third-order valence-electron chi connectivity index (χ3n) is 3.33. The second kappa shape index (κ2) is 6.52. The number of anilines is 1. The number of aromatic nitrogens is 1. The van der Waals surface area contributed by atoms with Crippen molar-refractivity contribution >= 4 is 11.8 Å². The number of piperidine rings is 1. The molecule has 0 radical (unpaired) electrons. The van der Waals surface area contributed by atoms with Crippen molar-refractivity contribution in [2.24, 2.45) is 0 Å². The average molecular weight is 264 g/mol. The predicted octanol–water partition coefficient (Wildman–Crippen LogP) is 1.87. The van der Waals surface area contributed by atoms with E-state index in [-0.39, 0.29) is 5.97 Å². The number of ether oxygens (including phenoxy) is 2. The summed E-state index contributed by atoms with van der Waals surface area (Å²) in [6.45, 7) is 4.60. The molecule has 5 nitrogen and oxygen atoms in total. The van der Waals surface area contributed by atoms with Gasteiger partial charge in [-0.25, -0.2) is 9.78 Å². The summed E-state index contributed by atoms with van der Waals surface area (Å²) < 4.78 is 10.3. The van der Waals surface area contributed by atoms with Gasteiger partial charge in [-0.2, -0.15) is 0 Å². The van der Waals surface area contributed by atoms with Crippen LogP contribution in [-0.2, 0) is 9.47 Å². The molecule has 0 spiro atoms. The van der Waals surface area contributed by atoms with Gasteiger partial charge in [-0.05, 0) is 31.9 Å². The molecule has 1 aromatic heterocycles. The summed E-state index contributed by atoms with van der Waals surface area (Å²) in [4.78, 5) is 18.0. The zero-order valence-corrected chi connectivity index (χ0v) is 11.5. The van der Waals surface area contributed by atoms with E-state index in [4.69, 9.17) is 9.47 Å². The van der Waals surface area contributed by atoms with Gasteiger partial charge in [0.05, 0.1) is 18.8 Å². The molecule has 0 N–H and O–H groups in total. The highest BCUT2D eigenvalue weighted by Gasteiger charge is 2.20. The molecule has 0 unspecified atom stereocenters. The van der Waals surface area contributed by atoms with E-state index < -0.39 is 0 Å². The molecule has 1 aliphatic rings. The van der Waals surface area contributed by atoms with Gasteiger partial charge in [0.2, 0.25) is 0 Å². The Bertz CT molecular complexity index is 428. The van der Waals surface area contributed by atoms with Crippen molar-refractivity contribution in [3.63, 3.8) is 0 Å². The fraction of sp³-hybridized carbons (Fsp3) is 0.571. The minimum Gasteiger partial charge on any atom is -0.465 e. The molecule has 1 saturated heterocycles. The van der Waals surface area contributed by atoms with E-state index in [1.807, 2.05) is 6.92 Å². The number of hydrogen-bond acceptors (Lipinski definition) is 5. The Morgan fingerprint density at radius 3 is 2.84 bits per heavy atom. The third kappa shape index (κ3) is 3.44. The molecular weight excluding hydrogens is 244 g/mol. The lowest BCUT2D eigenvalue weighted by atomic mass is 10.1. The molecule has 5 heteroatoms. The van der Waals surface area contributed by atoms with Gasteiger partial charge in [0, 0.05) is 25.9 Å². The number of rotatable bonds is 4. The van der Waals surface area contributed by atoms with Crippen molar-refractivity contribution in [3.8, 4) is 0 Å². The number of esters is 1. The fourth-order valence-electron chi connectivity index (χ4n) is 2.32. The summed E-state index contributed by atoms with van der Waals surface area (Å²) in [5, 5.41) is 0. The molecule has 104 valence electrons. The Morgan fingerprint density at radius 1 is 1.47 bits per heavy atom. The number of carbonyl (C=O) groups excluding carboxylic acids is 1. The number of nitrogens with zero attached hydrogens (tertiary/aromatic N) is 2. The fourth-order valence-corrected chi connectivity index (χ4v) is 2.32. The van der Waals surface area contributed by atoms with E-state index in [1.54, 1.807) is 18.3 Å². The van der Waals surface area contributed by atoms with Crippen LogP contribution < -0.4 is 4.90 Å². The van der Waals surface area contributed by atoms with Gasteiger partial charge in [0.25, 0.3) is 0 Å². The largest absolute Gasteiger partial charge is 0.465 e. The minimum absolute atomic E-state index is 0.326. The van der Waals surface area contributed by atoms with Crippen LogP contribution >= 0.6 is 0 Å². The summed E-state index contributed by atoms with van der Waals surface area (Å²) in [6.07, 6.45) is 4.00. The van der Waals surface area contributed by atoms with Crippen LogP contribution in [0.5, 0.6) is 0 Å². The molecule has 2 heterocycles. The first-order chi connectivity index (χ1) is 9.24. The molecule has 2 rings (SSSR count). The van der Waals surface area contributed by atoms with Crippen LogP contribution in [0.1, 0.15) is 30.1 Å². The van der Waals surface area contributed by atoms with Crippen molar-refractivity contribution in [1.29, 1.82) is 0 Å². The van der Waals surface area contributed by atoms with Gasteiger partial charge in [0.1, 0.15) is 5.82 Å². The standard InChI is InChI=1S/C14H20N2O3/c1-3-19-12-5-8-16(9-6-12)13-10-11(4-7-15-13)14(17)18-2/h4,7,10,12H,3,5-6,8-9H2,1-2H3. The second-order valence-corrected chi connectivity index (χ2v) is 4.54. The number of methoxy groups -OCH3 is 1. The highest BCUT2D eigenvalue weighted by atomic mass is 16.5.